The van der Waals surface area contributed by atoms with E-state index in [-0.39, 0.29) is 6.10 Å². The largest absolute Gasteiger partial charge is 0.388 e. The van der Waals surface area contributed by atoms with Crippen LogP contribution in [-0.2, 0) is 0 Å². The maximum Gasteiger partial charge on any atom is 0.0798 e. The summed E-state index contributed by atoms with van der Waals surface area (Å²) in [5, 5.41) is 9.97. The minimum atomic E-state index is -0.373. The first-order valence-electron chi connectivity index (χ1n) is 5.81. The molecule has 1 atom stereocenters. The molecule has 1 N–H and O–H groups in total. The van der Waals surface area contributed by atoms with Crippen molar-refractivity contribution in [3.63, 3.8) is 0 Å². The van der Waals surface area contributed by atoms with Gasteiger partial charge in [0.25, 0.3) is 0 Å². The van der Waals surface area contributed by atoms with Crippen LogP contribution in [0.15, 0.2) is 64.4 Å². The molecule has 2 heteroatoms. The van der Waals surface area contributed by atoms with Gasteiger partial charge < -0.3 is 5.11 Å². The average Bonchev–Trinajstić information content (AvgIpc) is 2.40. The standard InChI is InChI=1S/C15H16OS/c1-2-14(16)13-10-6-7-11-15(13)17-12-8-4-3-5-9-12/h3-11,14,16H,2H2,1H3. The van der Waals surface area contributed by atoms with Gasteiger partial charge in [-0.1, -0.05) is 55.1 Å². The molecule has 0 fully saturated rings. The Bertz CT molecular complexity index is 467. The molecule has 0 aliphatic carbocycles. The molecule has 0 aliphatic rings. The summed E-state index contributed by atoms with van der Waals surface area (Å²) in [4.78, 5) is 2.33. The number of hydrogen-bond acceptors (Lipinski definition) is 2. The number of hydrogen-bond donors (Lipinski definition) is 1. The van der Waals surface area contributed by atoms with Gasteiger partial charge in [0.15, 0.2) is 0 Å². The minimum absolute atomic E-state index is 0.373. The molecule has 0 saturated carbocycles. The molecule has 0 heterocycles. The monoisotopic (exact) mass is 244 g/mol. The summed E-state index contributed by atoms with van der Waals surface area (Å²) in [5.41, 5.74) is 1.02. The zero-order valence-corrected chi connectivity index (χ0v) is 10.7. The van der Waals surface area contributed by atoms with Gasteiger partial charge in [-0.2, -0.15) is 0 Å². The first-order chi connectivity index (χ1) is 8.31. The Hall–Kier alpha value is -1.25. The summed E-state index contributed by atoms with van der Waals surface area (Å²) in [6.07, 6.45) is 0.370. The second kappa shape index (κ2) is 5.89. The van der Waals surface area contributed by atoms with E-state index in [0.717, 1.165) is 16.9 Å². The van der Waals surface area contributed by atoms with Gasteiger partial charge in [0.2, 0.25) is 0 Å². The van der Waals surface area contributed by atoms with Crippen LogP contribution in [0.3, 0.4) is 0 Å². The van der Waals surface area contributed by atoms with Gasteiger partial charge in [0.05, 0.1) is 6.10 Å². The first-order valence-corrected chi connectivity index (χ1v) is 6.63. The highest BCUT2D eigenvalue weighted by Gasteiger charge is 2.10. The van der Waals surface area contributed by atoms with Crippen LogP contribution in [0.25, 0.3) is 0 Å². The van der Waals surface area contributed by atoms with Crippen LogP contribution in [0, 0.1) is 0 Å². The third kappa shape index (κ3) is 3.11. The van der Waals surface area contributed by atoms with Crippen molar-refractivity contribution < 1.29 is 5.11 Å². The van der Waals surface area contributed by atoms with Gasteiger partial charge in [-0.05, 0) is 30.2 Å². The molecule has 1 unspecified atom stereocenters. The van der Waals surface area contributed by atoms with Gasteiger partial charge >= 0.3 is 0 Å². The predicted octanol–water partition coefficient (Wildman–Crippen LogP) is 4.28. The molecular weight excluding hydrogens is 228 g/mol. The van der Waals surface area contributed by atoms with Gasteiger partial charge in [-0.15, -0.1) is 0 Å². The zero-order chi connectivity index (χ0) is 12.1. The molecule has 0 radical (unpaired) electrons. The fourth-order valence-corrected chi connectivity index (χ4v) is 2.70. The van der Waals surface area contributed by atoms with E-state index in [1.807, 2.05) is 43.3 Å². The van der Waals surface area contributed by atoms with Crippen molar-refractivity contribution in [1.29, 1.82) is 0 Å². The number of benzene rings is 2. The van der Waals surface area contributed by atoms with E-state index in [2.05, 4.69) is 18.2 Å². The molecule has 0 bridgehead atoms. The van der Waals surface area contributed by atoms with Crippen molar-refractivity contribution in [3.8, 4) is 0 Å². The Balaban J connectivity index is 2.27. The van der Waals surface area contributed by atoms with Crippen LogP contribution in [0.2, 0.25) is 0 Å². The van der Waals surface area contributed by atoms with Crippen molar-refractivity contribution in [1.82, 2.24) is 0 Å². The highest BCUT2D eigenvalue weighted by atomic mass is 32.2. The fraction of sp³-hybridized carbons (Fsp3) is 0.200. The fourth-order valence-electron chi connectivity index (χ4n) is 1.68. The van der Waals surface area contributed by atoms with Crippen molar-refractivity contribution >= 4 is 11.8 Å². The average molecular weight is 244 g/mol. The summed E-state index contributed by atoms with van der Waals surface area (Å²) in [5.74, 6) is 0. The lowest BCUT2D eigenvalue weighted by Crippen LogP contribution is -1.96. The van der Waals surface area contributed by atoms with E-state index in [1.165, 1.54) is 4.90 Å². The van der Waals surface area contributed by atoms with Crippen LogP contribution in [-0.4, -0.2) is 5.11 Å². The summed E-state index contributed by atoms with van der Waals surface area (Å²) in [6.45, 7) is 1.99. The molecular formula is C15H16OS. The molecule has 2 aromatic rings. The highest BCUT2D eigenvalue weighted by Crippen LogP contribution is 2.33. The lowest BCUT2D eigenvalue weighted by molar-refractivity contribution is 0.171. The molecule has 0 spiro atoms. The van der Waals surface area contributed by atoms with Crippen LogP contribution in [0.1, 0.15) is 25.0 Å². The van der Waals surface area contributed by atoms with Crippen molar-refractivity contribution in [2.24, 2.45) is 0 Å². The van der Waals surface area contributed by atoms with Gasteiger partial charge in [-0.3, -0.25) is 0 Å². The van der Waals surface area contributed by atoms with E-state index < -0.39 is 0 Å². The highest BCUT2D eigenvalue weighted by molar-refractivity contribution is 7.99. The third-order valence-electron chi connectivity index (χ3n) is 2.64. The van der Waals surface area contributed by atoms with Crippen LogP contribution < -0.4 is 0 Å². The maximum atomic E-state index is 9.97. The molecule has 0 amide bonds. The number of aliphatic hydroxyl groups is 1. The van der Waals surface area contributed by atoms with Crippen molar-refractivity contribution in [3.05, 3.63) is 60.2 Å². The molecule has 1 nitrogen and oxygen atoms in total. The second-order valence-electron chi connectivity index (χ2n) is 3.88. The topological polar surface area (TPSA) is 20.2 Å². The Labute approximate surface area is 107 Å². The first kappa shape index (κ1) is 12.2. The van der Waals surface area contributed by atoms with E-state index in [0.29, 0.717) is 0 Å². The summed E-state index contributed by atoms with van der Waals surface area (Å²) in [7, 11) is 0. The third-order valence-corrected chi connectivity index (χ3v) is 3.74. The Kier molecular flexibility index (Phi) is 4.24. The maximum absolute atomic E-state index is 9.97. The Morgan fingerprint density at radius 3 is 2.35 bits per heavy atom. The van der Waals surface area contributed by atoms with Gasteiger partial charge in [-0.25, -0.2) is 0 Å². The minimum Gasteiger partial charge on any atom is -0.388 e. The quantitative estimate of drug-likeness (QED) is 0.866. The second-order valence-corrected chi connectivity index (χ2v) is 4.99. The molecule has 88 valence electrons. The van der Waals surface area contributed by atoms with Gasteiger partial charge in [0.1, 0.15) is 0 Å². The Morgan fingerprint density at radius 1 is 1.00 bits per heavy atom. The lowest BCUT2D eigenvalue weighted by Gasteiger charge is -2.13. The molecule has 17 heavy (non-hydrogen) atoms. The van der Waals surface area contributed by atoms with Crippen LogP contribution in [0.4, 0.5) is 0 Å². The van der Waals surface area contributed by atoms with Crippen LogP contribution in [0.5, 0.6) is 0 Å². The predicted molar refractivity (Wildman–Crippen MR) is 72.3 cm³/mol. The molecule has 0 aromatic heterocycles. The zero-order valence-electron chi connectivity index (χ0n) is 9.84. The molecule has 2 rings (SSSR count). The number of aliphatic hydroxyl groups excluding tert-OH is 1. The number of rotatable bonds is 4. The van der Waals surface area contributed by atoms with E-state index in [1.54, 1.807) is 11.8 Å². The van der Waals surface area contributed by atoms with Crippen molar-refractivity contribution in [2.75, 3.05) is 0 Å². The summed E-state index contributed by atoms with van der Waals surface area (Å²) < 4.78 is 0. The van der Waals surface area contributed by atoms with Gasteiger partial charge in [0, 0.05) is 9.79 Å². The molecule has 2 aromatic carbocycles. The van der Waals surface area contributed by atoms with Crippen LogP contribution >= 0.6 is 11.8 Å². The lowest BCUT2D eigenvalue weighted by atomic mass is 10.1. The van der Waals surface area contributed by atoms with Crippen molar-refractivity contribution in [2.45, 2.75) is 29.2 Å². The molecule has 0 saturated heterocycles. The molecule has 0 aliphatic heterocycles. The van der Waals surface area contributed by atoms with E-state index >= 15 is 0 Å². The summed E-state index contributed by atoms with van der Waals surface area (Å²) >= 11 is 1.70. The normalized spacial score (nSPS) is 12.4. The smallest absolute Gasteiger partial charge is 0.0798 e. The van der Waals surface area contributed by atoms with E-state index in [4.69, 9.17) is 0 Å². The summed E-state index contributed by atoms with van der Waals surface area (Å²) in [6, 6.07) is 18.3. The SMILES string of the molecule is CCC(O)c1ccccc1Sc1ccccc1. The van der Waals surface area contributed by atoms with E-state index in [9.17, 15) is 5.11 Å². The Morgan fingerprint density at radius 2 is 1.65 bits per heavy atom.